The predicted octanol–water partition coefficient (Wildman–Crippen LogP) is 2.95. The van der Waals surface area contributed by atoms with Crippen LogP contribution in [-0.2, 0) is 4.79 Å². The summed E-state index contributed by atoms with van der Waals surface area (Å²) in [4.78, 5) is 15.0. The highest BCUT2D eigenvalue weighted by molar-refractivity contribution is 5.79. The van der Waals surface area contributed by atoms with Gasteiger partial charge in [-0.05, 0) is 82.6 Å². The zero-order valence-electron chi connectivity index (χ0n) is 13.4. The van der Waals surface area contributed by atoms with Gasteiger partial charge in [-0.1, -0.05) is 6.42 Å². The lowest BCUT2D eigenvalue weighted by molar-refractivity contribution is -0.128. The highest BCUT2D eigenvalue weighted by Gasteiger charge is 2.51. The van der Waals surface area contributed by atoms with Crippen LogP contribution in [0.15, 0.2) is 0 Å². The molecule has 0 unspecified atom stereocenters. The average Bonchev–Trinajstić information content (AvgIpc) is 2.39. The molecule has 5 fully saturated rings. The number of rotatable bonds is 3. The van der Waals surface area contributed by atoms with E-state index < -0.39 is 0 Å². The van der Waals surface area contributed by atoms with Crippen LogP contribution in [0.1, 0.15) is 64.7 Å². The summed E-state index contributed by atoms with van der Waals surface area (Å²) < 4.78 is 0. The summed E-state index contributed by atoms with van der Waals surface area (Å²) >= 11 is 0. The second kappa shape index (κ2) is 5.26. The Balaban J connectivity index is 1.38. The van der Waals surface area contributed by atoms with E-state index in [0.29, 0.717) is 18.5 Å². The number of nitrogens with zero attached hydrogens (tertiary/aromatic N) is 1. The Labute approximate surface area is 128 Å². The van der Waals surface area contributed by atoms with Crippen LogP contribution in [0.25, 0.3) is 0 Å². The highest BCUT2D eigenvalue weighted by Crippen LogP contribution is 2.55. The quantitative estimate of drug-likeness (QED) is 0.867. The van der Waals surface area contributed by atoms with Gasteiger partial charge in [0.25, 0.3) is 0 Å². The van der Waals surface area contributed by atoms with Crippen molar-refractivity contribution >= 4 is 5.91 Å². The lowest BCUT2D eigenvalue weighted by Crippen LogP contribution is -2.61. The summed E-state index contributed by atoms with van der Waals surface area (Å²) in [5.74, 6) is 3.02. The fourth-order valence-corrected chi connectivity index (χ4v) is 6.18. The van der Waals surface area contributed by atoms with Crippen molar-refractivity contribution in [2.75, 3.05) is 13.1 Å². The van der Waals surface area contributed by atoms with Crippen LogP contribution < -0.4 is 5.32 Å². The molecule has 1 amide bonds. The molecule has 21 heavy (non-hydrogen) atoms. The van der Waals surface area contributed by atoms with E-state index in [2.05, 4.69) is 17.1 Å². The van der Waals surface area contributed by atoms with Crippen LogP contribution in [-0.4, -0.2) is 35.5 Å². The average molecular weight is 290 g/mol. The van der Waals surface area contributed by atoms with Gasteiger partial charge in [-0.3, -0.25) is 9.69 Å². The van der Waals surface area contributed by atoms with E-state index in [0.717, 1.165) is 24.3 Å². The first-order valence-corrected chi connectivity index (χ1v) is 9.17. The zero-order valence-corrected chi connectivity index (χ0v) is 13.4. The van der Waals surface area contributed by atoms with Crippen LogP contribution in [0.2, 0.25) is 0 Å². The first kappa shape index (κ1) is 14.0. The second-order valence-corrected chi connectivity index (χ2v) is 8.56. The number of amides is 1. The predicted molar refractivity (Wildman–Crippen MR) is 83.9 cm³/mol. The van der Waals surface area contributed by atoms with Crippen molar-refractivity contribution in [2.24, 2.45) is 17.8 Å². The maximum absolute atomic E-state index is 12.6. The molecular weight excluding hydrogens is 260 g/mol. The Morgan fingerprint density at radius 2 is 1.71 bits per heavy atom. The monoisotopic (exact) mass is 290 g/mol. The Morgan fingerprint density at radius 3 is 2.29 bits per heavy atom. The maximum Gasteiger partial charge on any atom is 0.234 e. The minimum absolute atomic E-state index is 0.185. The van der Waals surface area contributed by atoms with Gasteiger partial charge in [0.1, 0.15) is 0 Å². The number of carbonyl (C=O) groups excluding carboxylic acids is 1. The highest BCUT2D eigenvalue weighted by atomic mass is 16.2. The van der Waals surface area contributed by atoms with Gasteiger partial charge in [-0.15, -0.1) is 0 Å². The maximum atomic E-state index is 12.6. The molecule has 3 heteroatoms. The summed E-state index contributed by atoms with van der Waals surface area (Å²) in [6.07, 6.45) is 12.0. The van der Waals surface area contributed by atoms with E-state index in [4.69, 9.17) is 0 Å². The molecule has 3 nitrogen and oxygen atoms in total. The van der Waals surface area contributed by atoms with Crippen molar-refractivity contribution in [1.82, 2.24) is 10.2 Å². The fraction of sp³-hybridized carbons (Fsp3) is 0.944. The molecule has 0 aromatic rings. The zero-order chi connectivity index (χ0) is 14.4. The van der Waals surface area contributed by atoms with Gasteiger partial charge in [-0.25, -0.2) is 0 Å². The number of hydrogen-bond acceptors (Lipinski definition) is 2. The van der Waals surface area contributed by atoms with Crippen LogP contribution in [0.4, 0.5) is 0 Å². The molecule has 1 N–H and O–H groups in total. The molecule has 1 atom stereocenters. The molecule has 5 rings (SSSR count). The summed E-state index contributed by atoms with van der Waals surface area (Å²) in [7, 11) is 0. The second-order valence-electron chi connectivity index (χ2n) is 8.56. The van der Waals surface area contributed by atoms with Crippen LogP contribution in [0.5, 0.6) is 0 Å². The topological polar surface area (TPSA) is 32.3 Å². The smallest absolute Gasteiger partial charge is 0.234 e. The fourth-order valence-electron chi connectivity index (χ4n) is 6.18. The van der Waals surface area contributed by atoms with Crippen molar-refractivity contribution in [3.05, 3.63) is 0 Å². The summed E-state index contributed by atoms with van der Waals surface area (Å²) in [5.41, 5.74) is 0.185. The molecule has 0 aromatic carbocycles. The van der Waals surface area contributed by atoms with Crippen molar-refractivity contribution in [3.63, 3.8) is 0 Å². The Kier molecular flexibility index (Phi) is 3.52. The largest absolute Gasteiger partial charge is 0.350 e. The summed E-state index contributed by atoms with van der Waals surface area (Å²) in [6.45, 7) is 4.01. The van der Waals surface area contributed by atoms with Crippen LogP contribution >= 0.6 is 0 Å². The van der Waals surface area contributed by atoms with Crippen molar-refractivity contribution < 1.29 is 4.79 Å². The van der Waals surface area contributed by atoms with E-state index in [1.165, 1.54) is 57.8 Å². The van der Waals surface area contributed by atoms with E-state index in [-0.39, 0.29) is 5.54 Å². The van der Waals surface area contributed by atoms with E-state index in [1.54, 1.807) is 0 Å². The molecule has 1 heterocycles. The normalized spacial score (nSPS) is 45.8. The lowest BCUT2D eigenvalue weighted by Gasteiger charge is -2.57. The van der Waals surface area contributed by atoms with Crippen molar-refractivity contribution in [1.29, 1.82) is 0 Å². The third kappa shape index (κ3) is 2.74. The van der Waals surface area contributed by atoms with Crippen molar-refractivity contribution in [3.8, 4) is 0 Å². The molecule has 1 aliphatic heterocycles. The molecule has 5 aliphatic rings. The molecule has 0 aromatic heterocycles. The number of carbonyl (C=O) groups is 1. The lowest BCUT2D eigenvalue weighted by atomic mass is 9.53. The third-order valence-electron chi connectivity index (χ3n) is 6.73. The van der Waals surface area contributed by atoms with Gasteiger partial charge < -0.3 is 5.32 Å². The molecule has 118 valence electrons. The summed E-state index contributed by atoms with van der Waals surface area (Å²) in [6, 6.07) is 0.584. The van der Waals surface area contributed by atoms with Gasteiger partial charge in [0, 0.05) is 11.6 Å². The molecule has 4 bridgehead atoms. The number of hydrogen-bond donors (Lipinski definition) is 1. The van der Waals surface area contributed by atoms with Gasteiger partial charge in [0.15, 0.2) is 0 Å². The van der Waals surface area contributed by atoms with Crippen LogP contribution in [0, 0.1) is 17.8 Å². The molecule has 0 spiro atoms. The van der Waals surface area contributed by atoms with E-state index in [9.17, 15) is 4.79 Å². The Hall–Kier alpha value is -0.570. The first-order chi connectivity index (χ1) is 10.1. The van der Waals surface area contributed by atoms with Crippen LogP contribution in [0.3, 0.4) is 0 Å². The van der Waals surface area contributed by atoms with E-state index in [1.807, 2.05) is 0 Å². The number of piperidine rings is 1. The summed E-state index contributed by atoms with van der Waals surface area (Å²) in [5, 5.41) is 3.51. The molecule has 4 aliphatic carbocycles. The Bertz CT molecular complexity index is 384. The molecular formula is C18H30N2O. The number of nitrogens with one attached hydrogen (secondary N) is 1. The van der Waals surface area contributed by atoms with Crippen molar-refractivity contribution in [2.45, 2.75) is 76.3 Å². The first-order valence-electron chi connectivity index (χ1n) is 9.17. The van der Waals surface area contributed by atoms with E-state index >= 15 is 0 Å². The molecule has 4 saturated carbocycles. The van der Waals surface area contributed by atoms with Gasteiger partial charge in [0.05, 0.1) is 6.54 Å². The van der Waals surface area contributed by atoms with Gasteiger partial charge in [0.2, 0.25) is 5.91 Å². The minimum Gasteiger partial charge on any atom is -0.350 e. The third-order valence-corrected chi connectivity index (χ3v) is 6.73. The van der Waals surface area contributed by atoms with Gasteiger partial charge in [-0.2, -0.15) is 0 Å². The minimum atomic E-state index is 0.185. The Morgan fingerprint density at radius 1 is 1.10 bits per heavy atom. The van der Waals surface area contributed by atoms with Gasteiger partial charge >= 0.3 is 0 Å². The molecule has 1 saturated heterocycles. The SMILES string of the molecule is C[C@H]1CCCCN1CC(=O)NC12CC3CC(CC(C3)C1)C2. The standard InChI is InChI=1S/C18H30N2O/c1-13-4-2-3-5-20(13)12-17(21)19-18-9-14-6-15(10-18)8-16(7-14)11-18/h13-16H,2-12H2,1H3,(H,19,21)/t13-,14?,15?,16?,18?/m0/s1. The molecule has 0 radical (unpaired) electrons. The number of likely N-dealkylation sites (tertiary alicyclic amines) is 1.